The molecule has 1 aliphatic heterocycles. The summed E-state index contributed by atoms with van der Waals surface area (Å²) in [6, 6.07) is 20.2. The molecule has 0 bridgehead atoms. The number of amides is 2. The number of methoxy groups -OCH3 is 1. The summed E-state index contributed by atoms with van der Waals surface area (Å²) in [6.07, 6.45) is 1.88. The molecule has 2 heterocycles. The minimum Gasteiger partial charge on any atom is -0.495 e. The van der Waals surface area contributed by atoms with Gasteiger partial charge in [0.15, 0.2) is 17.6 Å². The van der Waals surface area contributed by atoms with Gasteiger partial charge in [-0.25, -0.2) is 0 Å². The predicted octanol–water partition coefficient (Wildman–Crippen LogP) is 5.35. The van der Waals surface area contributed by atoms with Crippen molar-refractivity contribution in [3.05, 3.63) is 88.2 Å². The summed E-state index contributed by atoms with van der Waals surface area (Å²) in [5.41, 5.74) is 2.82. The van der Waals surface area contributed by atoms with Crippen molar-refractivity contribution in [3.8, 4) is 17.2 Å². The molecule has 0 spiro atoms. The molecule has 12 heteroatoms. The van der Waals surface area contributed by atoms with Crippen molar-refractivity contribution < 1.29 is 19.1 Å². The van der Waals surface area contributed by atoms with Crippen molar-refractivity contribution in [2.24, 2.45) is 0 Å². The second kappa shape index (κ2) is 13.3. The van der Waals surface area contributed by atoms with Crippen molar-refractivity contribution in [3.63, 3.8) is 0 Å². The highest BCUT2D eigenvalue weighted by Crippen LogP contribution is 2.31. The fourth-order valence-corrected chi connectivity index (χ4v) is 5.83. The van der Waals surface area contributed by atoms with Crippen LogP contribution in [0.3, 0.4) is 0 Å². The monoisotopic (exact) mass is 611 g/mol. The number of halogens is 2. The number of hydrogen-bond acceptors (Lipinski definition) is 7. The fraction of sp³-hybridized carbons (Fsp3) is 0.241. The number of carbonyl (C=O) groups excluding carboxylic acids is 2. The number of nitrogens with one attached hydrogen (secondary N) is 1. The Morgan fingerprint density at radius 3 is 2.59 bits per heavy atom. The lowest BCUT2D eigenvalue weighted by Gasteiger charge is -2.29. The molecule has 0 saturated heterocycles. The lowest BCUT2D eigenvalue weighted by atomic mass is 10.0. The summed E-state index contributed by atoms with van der Waals surface area (Å²) in [5, 5.41) is 12.8. The normalized spacial score (nSPS) is 12.5. The summed E-state index contributed by atoms with van der Waals surface area (Å²) >= 11 is 13.3. The highest BCUT2D eigenvalue weighted by atomic mass is 35.5. The Balaban J connectivity index is 1.30. The summed E-state index contributed by atoms with van der Waals surface area (Å²) in [5.74, 6) is 1.19. The molecular formula is C29H27Cl2N5O4S. The average Bonchev–Trinajstić information content (AvgIpc) is 3.40. The van der Waals surface area contributed by atoms with Gasteiger partial charge in [0.1, 0.15) is 11.5 Å². The van der Waals surface area contributed by atoms with Crippen molar-refractivity contribution in [2.75, 3.05) is 30.9 Å². The second-order valence-corrected chi connectivity index (χ2v) is 10.9. The number of carbonyl (C=O) groups is 2. The van der Waals surface area contributed by atoms with E-state index in [1.54, 1.807) is 29.9 Å². The maximum Gasteiger partial charge on any atom is 0.258 e. The molecule has 0 fully saturated rings. The first kappa shape index (κ1) is 28.8. The van der Waals surface area contributed by atoms with Crippen LogP contribution < -0.4 is 19.7 Å². The molecule has 0 radical (unpaired) electrons. The molecule has 0 atom stereocenters. The number of anilines is 1. The molecule has 41 heavy (non-hydrogen) atoms. The van der Waals surface area contributed by atoms with E-state index in [1.807, 2.05) is 47.4 Å². The first-order chi connectivity index (χ1) is 19.9. The minimum atomic E-state index is -0.376. The standard InChI is InChI=1S/C29H27Cl2N5O4S/c1-39-25-11-5-4-10-23(25)36-26(16-32-27(37)17-40-24-13-12-20(30)15-21(24)31)33-34-29(36)41-18-28(38)35-14-6-8-19-7-2-3-9-22(19)35/h2-5,7,9-13,15H,6,8,14,16-18H2,1H3,(H,32,37). The van der Waals surface area contributed by atoms with Gasteiger partial charge in [0.2, 0.25) is 5.91 Å². The Kier molecular flexibility index (Phi) is 9.33. The van der Waals surface area contributed by atoms with E-state index in [9.17, 15) is 9.59 Å². The number of para-hydroxylation sites is 3. The van der Waals surface area contributed by atoms with Crippen LogP contribution in [0.4, 0.5) is 5.69 Å². The highest BCUT2D eigenvalue weighted by molar-refractivity contribution is 7.99. The first-order valence-corrected chi connectivity index (χ1v) is 14.6. The van der Waals surface area contributed by atoms with Crippen LogP contribution in [0.2, 0.25) is 10.0 Å². The largest absolute Gasteiger partial charge is 0.495 e. The Morgan fingerprint density at radius 2 is 1.78 bits per heavy atom. The number of aryl methyl sites for hydroxylation is 1. The van der Waals surface area contributed by atoms with Crippen LogP contribution in [-0.2, 0) is 22.6 Å². The summed E-state index contributed by atoms with van der Waals surface area (Å²) in [7, 11) is 1.58. The molecular weight excluding hydrogens is 585 g/mol. The third-order valence-corrected chi connectivity index (χ3v) is 7.90. The molecule has 0 aliphatic carbocycles. The molecule has 1 aromatic heterocycles. The molecule has 2 amide bonds. The molecule has 212 valence electrons. The molecule has 3 aromatic carbocycles. The minimum absolute atomic E-state index is 0.00964. The van der Waals surface area contributed by atoms with Crippen LogP contribution in [-0.4, -0.2) is 52.6 Å². The molecule has 0 saturated carbocycles. The third kappa shape index (κ3) is 6.78. The van der Waals surface area contributed by atoms with Crippen molar-refractivity contribution in [1.29, 1.82) is 0 Å². The molecule has 9 nitrogen and oxygen atoms in total. The Morgan fingerprint density at radius 1 is 1.00 bits per heavy atom. The lowest BCUT2D eigenvalue weighted by Crippen LogP contribution is -2.36. The van der Waals surface area contributed by atoms with E-state index in [0.29, 0.717) is 44.8 Å². The predicted molar refractivity (Wildman–Crippen MR) is 160 cm³/mol. The molecule has 1 N–H and O–H groups in total. The van der Waals surface area contributed by atoms with E-state index in [2.05, 4.69) is 21.6 Å². The fourth-order valence-electron chi connectivity index (χ4n) is 4.53. The zero-order valence-electron chi connectivity index (χ0n) is 22.2. The smallest absolute Gasteiger partial charge is 0.258 e. The van der Waals surface area contributed by atoms with E-state index >= 15 is 0 Å². The van der Waals surface area contributed by atoms with Gasteiger partial charge in [0.25, 0.3) is 5.91 Å². The highest BCUT2D eigenvalue weighted by Gasteiger charge is 2.24. The number of nitrogens with zero attached hydrogens (tertiary/aromatic N) is 4. The Bertz CT molecular complexity index is 1560. The van der Waals surface area contributed by atoms with E-state index in [4.69, 9.17) is 32.7 Å². The number of rotatable bonds is 10. The molecule has 0 unspecified atom stereocenters. The SMILES string of the molecule is COc1ccccc1-n1c(CNC(=O)COc2ccc(Cl)cc2Cl)nnc1SCC(=O)N1CCCc2ccccc21. The van der Waals surface area contributed by atoms with E-state index in [-0.39, 0.29) is 30.7 Å². The Hall–Kier alpha value is -3.73. The van der Waals surface area contributed by atoms with Gasteiger partial charge in [-0.15, -0.1) is 10.2 Å². The van der Waals surface area contributed by atoms with Crippen LogP contribution in [0.15, 0.2) is 71.9 Å². The van der Waals surface area contributed by atoms with Gasteiger partial charge in [-0.1, -0.05) is 65.3 Å². The van der Waals surface area contributed by atoms with Crippen molar-refractivity contribution >= 4 is 52.5 Å². The third-order valence-electron chi connectivity index (χ3n) is 6.46. The molecule has 5 rings (SSSR count). The first-order valence-electron chi connectivity index (χ1n) is 12.9. The van der Waals surface area contributed by atoms with Crippen molar-refractivity contribution in [2.45, 2.75) is 24.5 Å². The number of hydrogen-bond donors (Lipinski definition) is 1. The van der Waals surface area contributed by atoms with Crippen LogP contribution >= 0.6 is 35.0 Å². The van der Waals surface area contributed by atoms with Gasteiger partial charge in [0, 0.05) is 17.3 Å². The summed E-state index contributed by atoms with van der Waals surface area (Å²) in [4.78, 5) is 27.7. The Labute approximate surface area is 251 Å². The number of ether oxygens (including phenoxy) is 2. The number of fused-ring (bicyclic) bond motifs is 1. The van der Waals surface area contributed by atoms with E-state index in [1.165, 1.54) is 17.3 Å². The van der Waals surface area contributed by atoms with Gasteiger partial charge in [0.05, 0.1) is 30.1 Å². The van der Waals surface area contributed by atoms with Gasteiger partial charge >= 0.3 is 0 Å². The zero-order valence-corrected chi connectivity index (χ0v) is 24.5. The van der Waals surface area contributed by atoms with Crippen LogP contribution in [0.5, 0.6) is 11.5 Å². The zero-order chi connectivity index (χ0) is 28.8. The van der Waals surface area contributed by atoms with Gasteiger partial charge in [-0.05, 0) is 54.8 Å². The number of benzene rings is 3. The number of thioether (sulfide) groups is 1. The van der Waals surface area contributed by atoms with Gasteiger partial charge in [-0.3, -0.25) is 14.2 Å². The van der Waals surface area contributed by atoms with Crippen LogP contribution in [0, 0.1) is 0 Å². The van der Waals surface area contributed by atoms with Gasteiger partial charge < -0.3 is 19.7 Å². The second-order valence-electron chi connectivity index (χ2n) is 9.11. The molecule has 4 aromatic rings. The maximum atomic E-state index is 13.3. The quantitative estimate of drug-likeness (QED) is 0.241. The van der Waals surface area contributed by atoms with E-state index in [0.717, 1.165) is 18.5 Å². The molecule has 1 aliphatic rings. The van der Waals surface area contributed by atoms with Gasteiger partial charge in [-0.2, -0.15) is 0 Å². The number of aromatic nitrogens is 3. The summed E-state index contributed by atoms with van der Waals surface area (Å²) < 4.78 is 12.9. The summed E-state index contributed by atoms with van der Waals surface area (Å²) in [6.45, 7) is 0.489. The maximum absolute atomic E-state index is 13.3. The lowest BCUT2D eigenvalue weighted by molar-refractivity contribution is -0.123. The van der Waals surface area contributed by atoms with Crippen LogP contribution in [0.25, 0.3) is 5.69 Å². The van der Waals surface area contributed by atoms with Crippen LogP contribution in [0.1, 0.15) is 17.8 Å². The average molecular weight is 613 g/mol. The van der Waals surface area contributed by atoms with Crippen molar-refractivity contribution in [1.82, 2.24) is 20.1 Å². The van der Waals surface area contributed by atoms with E-state index < -0.39 is 0 Å². The topological polar surface area (TPSA) is 98.6 Å².